The number of nitrogens with zero attached hydrogens (tertiary/aromatic N) is 2. The van der Waals surface area contributed by atoms with Crippen molar-refractivity contribution in [2.45, 2.75) is 24.2 Å². The number of aliphatic imine (C=N–C) groups is 1. The number of thiophene rings is 1. The molecule has 7 nitrogen and oxygen atoms in total. The summed E-state index contributed by atoms with van der Waals surface area (Å²) < 4.78 is 26.8. The first-order valence-electron chi connectivity index (χ1n) is 8.23. The molecule has 0 bridgehead atoms. The monoisotopic (exact) mass is 523 g/mol. The maximum Gasteiger partial charge on any atom is 0.242 e. The molecule has 0 unspecified atom stereocenters. The average Bonchev–Trinajstić information content (AvgIpc) is 3.17. The van der Waals surface area contributed by atoms with E-state index in [1.54, 1.807) is 24.5 Å². The summed E-state index contributed by atoms with van der Waals surface area (Å²) in [6.07, 6.45) is 2.86. The Bertz CT molecular complexity index is 809. The third-order valence-electron chi connectivity index (χ3n) is 3.76. The van der Waals surface area contributed by atoms with Crippen LogP contribution in [0.4, 0.5) is 0 Å². The highest BCUT2D eigenvalue weighted by Gasteiger charge is 2.22. The minimum absolute atomic E-state index is 0. The van der Waals surface area contributed by atoms with Gasteiger partial charge in [-0.1, -0.05) is 19.9 Å². The van der Waals surface area contributed by atoms with E-state index in [-0.39, 0.29) is 40.8 Å². The minimum Gasteiger partial charge on any atom is -0.356 e. The highest BCUT2D eigenvalue weighted by molar-refractivity contribution is 14.0. The van der Waals surface area contributed by atoms with Crippen molar-refractivity contribution in [3.63, 3.8) is 0 Å². The van der Waals surface area contributed by atoms with E-state index >= 15 is 0 Å². The Morgan fingerprint density at radius 2 is 2.00 bits per heavy atom. The molecule has 0 aliphatic rings. The fraction of sp³-hybridized carbons (Fsp3) is 0.412. The topological polar surface area (TPSA) is 95.5 Å². The van der Waals surface area contributed by atoms with Gasteiger partial charge in [-0.25, -0.2) is 13.1 Å². The van der Waals surface area contributed by atoms with Crippen molar-refractivity contribution in [3.05, 3.63) is 46.9 Å². The van der Waals surface area contributed by atoms with Gasteiger partial charge in [-0.3, -0.25) is 9.98 Å². The molecule has 150 valence electrons. The SMILES string of the molecule is CN=C(NCCNS(=O)(=O)c1cccnc1)NCC(C)(C)c1cccs1.I. The molecule has 2 aromatic heterocycles. The van der Waals surface area contributed by atoms with Gasteiger partial charge >= 0.3 is 0 Å². The number of pyridine rings is 1. The van der Waals surface area contributed by atoms with E-state index in [2.05, 4.69) is 50.6 Å². The van der Waals surface area contributed by atoms with Gasteiger partial charge in [0.1, 0.15) is 4.90 Å². The Kier molecular flexibility index (Phi) is 9.63. The summed E-state index contributed by atoms with van der Waals surface area (Å²) in [7, 11) is -1.85. The van der Waals surface area contributed by atoms with E-state index < -0.39 is 10.0 Å². The van der Waals surface area contributed by atoms with Crippen molar-refractivity contribution in [1.29, 1.82) is 0 Å². The zero-order valence-corrected chi connectivity index (χ0v) is 19.6. The summed E-state index contributed by atoms with van der Waals surface area (Å²) in [4.78, 5) is 9.45. The predicted octanol–water partition coefficient (Wildman–Crippen LogP) is 2.18. The van der Waals surface area contributed by atoms with Gasteiger partial charge in [0, 0.05) is 49.4 Å². The van der Waals surface area contributed by atoms with E-state index in [1.165, 1.54) is 23.3 Å². The molecule has 10 heteroatoms. The molecule has 0 radical (unpaired) electrons. The zero-order chi connectivity index (χ0) is 19.0. The van der Waals surface area contributed by atoms with Gasteiger partial charge < -0.3 is 10.6 Å². The highest BCUT2D eigenvalue weighted by Crippen LogP contribution is 2.26. The summed E-state index contributed by atoms with van der Waals surface area (Å²) in [5.74, 6) is 0.634. The molecule has 0 aliphatic heterocycles. The number of sulfonamides is 1. The van der Waals surface area contributed by atoms with Crippen LogP contribution < -0.4 is 15.4 Å². The van der Waals surface area contributed by atoms with Crippen molar-refractivity contribution in [3.8, 4) is 0 Å². The first kappa shape index (κ1) is 23.8. The Balaban J connectivity index is 0.00000364. The van der Waals surface area contributed by atoms with Crippen molar-refractivity contribution < 1.29 is 8.42 Å². The molecule has 0 aliphatic carbocycles. The van der Waals surface area contributed by atoms with Crippen molar-refractivity contribution in [2.75, 3.05) is 26.7 Å². The van der Waals surface area contributed by atoms with E-state index in [0.717, 1.165) is 0 Å². The molecule has 0 atom stereocenters. The molecule has 0 amide bonds. The summed E-state index contributed by atoms with van der Waals surface area (Å²) in [6, 6.07) is 7.27. The molecule has 2 heterocycles. The number of hydrogen-bond acceptors (Lipinski definition) is 5. The highest BCUT2D eigenvalue weighted by atomic mass is 127. The lowest BCUT2D eigenvalue weighted by Gasteiger charge is -2.25. The van der Waals surface area contributed by atoms with Crippen LogP contribution in [0, 0.1) is 0 Å². The Morgan fingerprint density at radius 3 is 2.59 bits per heavy atom. The van der Waals surface area contributed by atoms with E-state index in [1.807, 2.05) is 6.07 Å². The fourth-order valence-electron chi connectivity index (χ4n) is 2.23. The number of nitrogens with one attached hydrogen (secondary N) is 3. The molecule has 0 fully saturated rings. The average molecular weight is 523 g/mol. The number of halogens is 1. The number of aromatic nitrogens is 1. The predicted molar refractivity (Wildman–Crippen MR) is 122 cm³/mol. The molecule has 3 N–H and O–H groups in total. The second-order valence-corrected chi connectivity index (χ2v) is 9.01. The van der Waals surface area contributed by atoms with Crippen LogP contribution in [0.2, 0.25) is 0 Å². The van der Waals surface area contributed by atoms with Crippen LogP contribution in [0.25, 0.3) is 0 Å². The van der Waals surface area contributed by atoms with Crippen LogP contribution in [-0.2, 0) is 15.4 Å². The van der Waals surface area contributed by atoms with Gasteiger partial charge in [-0.2, -0.15) is 0 Å². The van der Waals surface area contributed by atoms with E-state index in [4.69, 9.17) is 0 Å². The summed E-state index contributed by atoms with van der Waals surface area (Å²) in [6.45, 7) is 5.71. The molecule has 0 aromatic carbocycles. The molecule has 2 aromatic rings. The molecule has 0 saturated heterocycles. The Labute approximate surface area is 182 Å². The molecular formula is C17H26IN5O2S2. The van der Waals surface area contributed by atoms with Crippen LogP contribution in [0.3, 0.4) is 0 Å². The second kappa shape index (κ2) is 10.9. The third kappa shape index (κ3) is 7.35. The van der Waals surface area contributed by atoms with Crippen molar-refractivity contribution in [1.82, 2.24) is 20.3 Å². The molecule has 2 rings (SSSR count). The normalized spacial score (nSPS) is 12.3. The standard InChI is InChI=1S/C17H25N5O2S2.HI/c1-17(2,15-7-5-11-25-15)13-21-16(18-3)20-9-10-22-26(23,24)14-6-4-8-19-12-14;/h4-8,11-12,22H,9-10,13H2,1-3H3,(H2,18,20,21);1H. The molecule has 27 heavy (non-hydrogen) atoms. The smallest absolute Gasteiger partial charge is 0.242 e. The Hall–Kier alpha value is -1.24. The third-order valence-corrected chi connectivity index (χ3v) is 6.45. The molecule has 0 saturated carbocycles. The number of rotatable bonds is 8. The van der Waals surface area contributed by atoms with Crippen LogP contribution in [0.5, 0.6) is 0 Å². The number of hydrogen-bond donors (Lipinski definition) is 3. The van der Waals surface area contributed by atoms with Gasteiger partial charge in [0.05, 0.1) is 0 Å². The van der Waals surface area contributed by atoms with Crippen LogP contribution in [0.15, 0.2) is 51.9 Å². The van der Waals surface area contributed by atoms with E-state index in [9.17, 15) is 8.42 Å². The van der Waals surface area contributed by atoms with Crippen molar-refractivity contribution in [2.24, 2.45) is 4.99 Å². The van der Waals surface area contributed by atoms with E-state index in [0.29, 0.717) is 19.0 Å². The minimum atomic E-state index is -3.54. The van der Waals surface area contributed by atoms with Gasteiger partial charge in [0.25, 0.3) is 0 Å². The lowest BCUT2D eigenvalue weighted by atomic mass is 9.91. The first-order valence-corrected chi connectivity index (χ1v) is 10.6. The number of guanidine groups is 1. The second-order valence-electron chi connectivity index (χ2n) is 6.30. The summed E-state index contributed by atoms with van der Waals surface area (Å²) >= 11 is 1.73. The summed E-state index contributed by atoms with van der Waals surface area (Å²) in [5.41, 5.74) is -0.0202. The van der Waals surface area contributed by atoms with Gasteiger partial charge in [0.15, 0.2) is 5.96 Å². The van der Waals surface area contributed by atoms with Gasteiger partial charge in [-0.15, -0.1) is 35.3 Å². The van der Waals surface area contributed by atoms with Crippen LogP contribution in [0.1, 0.15) is 18.7 Å². The molecular weight excluding hydrogens is 497 g/mol. The quantitative estimate of drug-likeness (QED) is 0.214. The lowest BCUT2D eigenvalue weighted by Crippen LogP contribution is -2.45. The maximum absolute atomic E-state index is 12.1. The van der Waals surface area contributed by atoms with Gasteiger partial charge in [-0.05, 0) is 23.6 Å². The maximum atomic E-state index is 12.1. The van der Waals surface area contributed by atoms with Crippen LogP contribution in [-0.4, -0.2) is 46.0 Å². The fourth-order valence-corrected chi connectivity index (χ4v) is 4.08. The molecule has 0 spiro atoms. The van der Waals surface area contributed by atoms with Crippen LogP contribution >= 0.6 is 35.3 Å². The van der Waals surface area contributed by atoms with Crippen molar-refractivity contribution >= 4 is 51.3 Å². The summed E-state index contributed by atoms with van der Waals surface area (Å²) in [5, 5.41) is 8.46. The largest absolute Gasteiger partial charge is 0.356 e. The Morgan fingerprint density at radius 1 is 1.22 bits per heavy atom. The first-order chi connectivity index (χ1) is 12.3. The lowest BCUT2D eigenvalue weighted by molar-refractivity contribution is 0.518. The zero-order valence-electron chi connectivity index (χ0n) is 15.6. The van der Waals surface area contributed by atoms with Gasteiger partial charge in [0.2, 0.25) is 10.0 Å².